The van der Waals surface area contributed by atoms with Crippen LogP contribution >= 0.6 is 0 Å². The Morgan fingerprint density at radius 3 is 2.56 bits per heavy atom. The number of nitrogens with zero attached hydrogens (tertiary/aromatic N) is 2. The van der Waals surface area contributed by atoms with Gasteiger partial charge in [-0.3, -0.25) is 9.69 Å². The van der Waals surface area contributed by atoms with Crippen molar-refractivity contribution in [1.29, 1.82) is 0 Å². The maximum atomic E-state index is 15.2. The Morgan fingerprint density at radius 2 is 1.84 bits per heavy atom. The molecule has 226 valence electrons. The number of ether oxygens (including phenoxy) is 2. The van der Waals surface area contributed by atoms with Crippen molar-refractivity contribution < 1.29 is 23.8 Å². The number of aliphatic carboxylic acids is 1. The maximum absolute atomic E-state index is 15.2. The number of pyridine rings is 1. The molecule has 4 heterocycles. The quantitative estimate of drug-likeness (QED) is 0.278. The zero-order chi connectivity index (χ0) is 29.7. The number of aromatic nitrogens is 1. The number of benzene rings is 2. The van der Waals surface area contributed by atoms with Crippen LogP contribution in [0.1, 0.15) is 92.6 Å². The molecule has 6 nitrogen and oxygen atoms in total. The van der Waals surface area contributed by atoms with Gasteiger partial charge in [0.25, 0.3) is 0 Å². The minimum atomic E-state index is -0.744. The van der Waals surface area contributed by atoms with Gasteiger partial charge in [0.2, 0.25) is 5.88 Å². The zero-order valence-electron chi connectivity index (χ0n) is 25.1. The van der Waals surface area contributed by atoms with Gasteiger partial charge in [0, 0.05) is 30.3 Å². The van der Waals surface area contributed by atoms with Crippen molar-refractivity contribution in [1.82, 2.24) is 9.88 Å². The second kappa shape index (κ2) is 11.6. The summed E-state index contributed by atoms with van der Waals surface area (Å²) in [6.45, 7) is 2.61. The summed E-state index contributed by atoms with van der Waals surface area (Å²) < 4.78 is 27.3. The third-order valence-corrected chi connectivity index (χ3v) is 10.5. The fraction of sp³-hybridized carbons (Fsp3) is 0.500. The average Bonchev–Trinajstić information content (AvgIpc) is 3.83. The molecule has 3 aliphatic heterocycles. The second-order valence-corrected chi connectivity index (χ2v) is 13.1. The van der Waals surface area contributed by atoms with E-state index in [-0.39, 0.29) is 17.8 Å². The molecule has 1 aromatic heterocycles. The van der Waals surface area contributed by atoms with Crippen LogP contribution < -0.4 is 9.47 Å². The summed E-state index contributed by atoms with van der Waals surface area (Å²) in [5.74, 6) is 0.160. The first kappa shape index (κ1) is 28.3. The van der Waals surface area contributed by atoms with Gasteiger partial charge in [-0.05, 0) is 97.1 Å². The number of carbonyl (C=O) groups is 1. The lowest BCUT2D eigenvalue weighted by atomic mass is 9.82. The van der Waals surface area contributed by atoms with Crippen molar-refractivity contribution in [3.8, 4) is 22.8 Å². The first-order chi connectivity index (χ1) is 20.9. The lowest BCUT2D eigenvalue weighted by Crippen LogP contribution is -2.39. The van der Waals surface area contributed by atoms with E-state index in [0.717, 1.165) is 60.2 Å². The van der Waals surface area contributed by atoms with E-state index >= 15 is 4.39 Å². The van der Waals surface area contributed by atoms with Crippen molar-refractivity contribution in [3.63, 3.8) is 0 Å². The molecule has 5 atom stereocenters. The van der Waals surface area contributed by atoms with Gasteiger partial charge in [0.05, 0.1) is 19.2 Å². The molecule has 7 heteroatoms. The van der Waals surface area contributed by atoms with Gasteiger partial charge < -0.3 is 14.6 Å². The van der Waals surface area contributed by atoms with E-state index in [1.807, 2.05) is 13.0 Å². The molecular weight excluding hydrogens is 543 g/mol. The smallest absolute Gasteiger partial charge is 0.306 e. The molecular formula is C36H41FN2O4. The first-order valence-electron chi connectivity index (χ1n) is 16.0. The molecule has 4 aliphatic rings. The summed E-state index contributed by atoms with van der Waals surface area (Å²) >= 11 is 0. The Bertz CT molecular complexity index is 1510. The van der Waals surface area contributed by atoms with E-state index in [0.29, 0.717) is 29.4 Å². The molecule has 2 bridgehead atoms. The largest absolute Gasteiger partial charge is 0.485 e. The third kappa shape index (κ3) is 5.52. The summed E-state index contributed by atoms with van der Waals surface area (Å²) in [6, 6.07) is 15.6. The van der Waals surface area contributed by atoms with Gasteiger partial charge in [-0.15, -0.1) is 0 Å². The molecule has 1 aliphatic carbocycles. The fourth-order valence-electron chi connectivity index (χ4n) is 8.03. The Labute approximate surface area is 253 Å². The Morgan fingerprint density at radius 1 is 1.05 bits per heavy atom. The third-order valence-electron chi connectivity index (χ3n) is 10.5. The van der Waals surface area contributed by atoms with E-state index in [1.54, 1.807) is 13.2 Å². The summed E-state index contributed by atoms with van der Waals surface area (Å²) in [4.78, 5) is 18.6. The Hall–Kier alpha value is -3.45. The van der Waals surface area contributed by atoms with Gasteiger partial charge in [-0.2, -0.15) is 0 Å². The molecule has 3 fully saturated rings. The molecule has 1 N–H and O–H groups in total. The van der Waals surface area contributed by atoms with Crippen molar-refractivity contribution in [2.75, 3.05) is 7.11 Å². The van der Waals surface area contributed by atoms with Gasteiger partial charge >= 0.3 is 5.97 Å². The molecule has 1 saturated carbocycles. The molecule has 0 amide bonds. The minimum Gasteiger partial charge on any atom is -0.485 e. The zero-order valence-corrected chi connectivity index (χ0v) is 25.1. The number of piperidine rings is 1. The lowest BCUT2D eigenvalue weighted by molar-refractivity contribution is -0.142. The topological polar surface area (TPSA) is 71.9 Å². The van der Waals surface area contributed by atoms with Crippen molar-refractivity contribution >= 4 is 5.97 Å². The van der Waals surface area contributed by atoms with Crippen LogP contribution in [0.2, 0.25) is 0 Å². The number of hydrogen-bond acceptors (Lipinski definition) is 5. The van der Waals surface area contributed by atoms with E-state index < -0.39 is 11.9 Å². The number of hydrogen-bond donors (Lipinski definition) is 1. The van der Waals surface area contributed by atoms with Crippen LogP contribution in [0.4, 0.5) is 4.39 Å². The van der Waals surface area contributed by atoms with Crippen LogP contribution in [0, 0.1) is 17.7 Å². The number of fused-ring (bicyclic) bond motifs is 3. The van der Waals surface area contributed by atoms with Crippen LogP contribution in [0.3, 0.4) is 0 Å². The number of carboxylic acids is 1. The van der Waals surface area contributed by atoms with Crippen LogP contribution in [0.25, 0.3) is 11.1 Å². The van der Waals surface area contributed by atoms with Gasteiger partial charge in [-0.25, -0.2) is 9.37 Å². The monoisotopic (exact) mass is 584 g/mol. The fourth-order valence-corrected chi connectivity index (χ4v) is 8.03. The lowest BCUT2D eigenvalue weighted by Gasteiger charge is -2.35. The molecule has 2 unspecified atom stereocenters. The van der Waals surface area contributed by atoms with Crippen LogP contribution in [-0.4, -0.2) is 40.2 Å². The highest BCUT2D eigenvalue weighted by molar-refractivity contribution is 5.71. The predicted molar refractivity (Wildman–Crippen MR) is 163 cm³/mol. The molecule has 3 aromatic rings. The van der Waals surface area contributed by atoms with E-state index in [2.05, 4.69) is 40.2 Å². The van der Waals surface area contributed by atoms with E-state index in [4.69, 9.17) is 9.47 Å². The molecule has 2 saturated heterocycles. The first-order valence-corrected chi connectivity index (χ1v) is 16.0. The summed E-state index contributed by atoms with van der Waals surface area (Å²) in [5, 5.41) is 9.78. The summed E-state index contributed by atoms with van der Waals surface area (Å²) in [6.07, 6.45) is 11.3. The standard InChI is InChI=1S/C36H41FN2O4/c1-21(36(40)41)35(23-7-8-23)25-9-6-22-11-15-32(43-33(22)17-25)24-10-14-29(30-18-34(42-2)38-19-31(30)37)26(16-24)20-39-27-4-3-5-28(39)13-12-27/h6,9-10,14,16-19,21,23,27-28,32,35H,3-5,7-8,11-13,15,20H2,1-2H3,(H,40,41)/t21-,27?,28?,32-,35-/m0/s1. The number of methoxy groups -OCH3 is 1. The molecule has 7 rings (SSSR count). The van der Waals surface area contributed by atoms with Crippen molar-refractivity contribution in [2.24, 2.45) is 11.8 Å². The molecule has 43 heavy (non-hydrogen) atoms. The highest BCUT2D eigenvalue weighted by Gasteiger charge is 2.40. The summed E-state index contributed by atoms with van der Waals surface area (Å²) in [5.41, 5.74) is 5.82. The van der Waals surface area contributed by atoms with Gasteiger partial charge in [-0.1, -0.05) is 43.7 Å². The molecule has 2 aromatic carbocycles. The minimum absolute atomic E-state index is 0.00447. The SMILES string of the molecule is COc1cc(-c2ccc([C@@H]3CCc4ccc([C@H](C5CC5)[C@H](C)C(=O)O)cc4O3)cc2CN2C3CCCC2CC3)c(F)cn1. The average molecular weight is 585 g/mol. The van der Waals surface area contributed by atoms with Gasteiger partial charge in [0.15, 0.2) is 0 Å². The van der Waals surface area contributed by atoms with Crippen LogP contribution in [-0.2, 0) is 17.8 Å². The summed E-state index contributed by atoms with van der Waals surface area (Å²) in [7, 11) is 1.55. The van der Waals surface area contributed by atoms with Crippen LogP contribution in [0.5, 0.6) is 11.6 Å². The normalized spacial score (nSPS) is 24.6. The Balaban J connectivity index is 1.21. The van der Waals surface area contributed by atoms with Crippen molar-refractivity contribution in [3.05, 3.63) is 76.7 Å². The highest BCUT2D eigenvalue weighted by atomic mass is 19.1. The predicted octanol–water partition coefficient (Wildman–Crippen LogP) is 7.69. The Kier molecular flexibility index (Phi) is 7.62. The maximum Gasteiger partial charge on any atom is 0.306 e. The van der Waals surface area contributed by atoms with Gasteiger partial charge in [0.1, 0.15) is 17.7 Å². The van der Waals surface area contributed by atoms with E-state index in [1.165, 1.54) is 43.9 Å². The van der Waals surface area contributed by atoms with Crippen LogP contribution in [0.15, 0.2) is 48.7 Å². The van der Waals surface area contributed by atoms with Crippen molar-refractivity contribution in [2.45, 2.75) is 95.4 Å². The van der Waals surface area contributed by atoms with E-state index in [9.17, 15) is 9.90 Å². The number of carboxylic acid groups (broad SMARTS) is 1. The molecule has 0 radical (unpaired) electrons. The second-order valence-electron chi connectivity index (χ2n) is 13.1. The number of rotatable bonds is 9. The highest BCUT2D eigenvalue weighted by Crippen LogP contribution is 2.48. The number of aryl methyl sites for hydroxylation is 1. The molecule has 0 spiro atoms. The number of halogens is 1.